The minimum absolute atomic E-state index is 0.0995. The molecule has 1 aromatic heterocycles. The zero-order valence-corrected chi connectivity index (χ0v) is 48.9. The Bertz CT molecular complexity index is 5060. The van der Waals surface area contributed by atoms with Crippen LogP contribution in [-0.2, 0) is 12.4 Å². The van der Waals surface area contributed by atoms with Gasteiger partial charge in [-0.2, -0.15) is 31.6 Å². The SMILES string of the molecule is N#Cc1ccc(-c2cc(C(F)(F)F)ccc2-n2c3ccccc3c3cc(-c4cc5c6c(c4)N(c4ccc(-c7ccccc7)cc4)c4ccc(-c7ccccc7)cc4B6c4cc(-c6ccccc6)ccc4N5c4ccc(-c5ccccc5)cc4)ccc32)c(C(F)(F)F)c1. The van der Waals surface area contributed by atoms with Crippen LogP contribution in [0.1, 0.15) is 16.7 Å². The van der Waals surface area contributed by atoms with Crippen molar-refractivity contribution in [1.29, 1.82) is 5.26 Å². The second kappa shape index (κ2) is 21.9. The van der Waals surface area contributed by atoms with E-state index in [1.807, 2.05) is 78.9 Å². The van der Waals surface area contributed by atoms with Gasteiger partial charge in [-0.15, -0.1) is 0 Å². The van der Waals surface area contributed by atoms with Gasteiger partial charge in [-0.05, 0) is 175 Å². The van der Waals surface area contributed by atoms with Crippen molar-refractivity contribution in [1.82, 2.24) is 4.57 Å². The molecule has 0 aliphatic carbocycles. The van der Waals surface area contributed by atoms with Crippen LogP contribution in [-0.4, -0.2) is 11.3 Å². The minimum Gasteiger partial charge on any atom is -0.311 e. The predicted molar refractivity (Wildman–Crippen MR) is 362 cm³/mol. The topological polar surface area (TPSA) is 35.2 Å². The molecule has 11 heteroatoms. The minimum atomic E-state index is -5.01. The molecule has 0 atom stereocenters. The van der Waals surface area contributed by atoms with Crippen LogP contribution in [0.5, 0.6) is 0 Å². The van der Waals surface area contributed by atoms with Crippen LogP contribution in [0.4, 0.5) is 60.5 Å². The van der Waals surface area contributed by atoms with Gasteiger partial charge in [0.05, 0.1) is 39.5 Å². The molecule has 4 nitrogen and oxygen atoms in total. The van der Waals surface area contributed by atoms with Gasteiger partial charge in [0.2, 0.25) is 0 Å². The van der Waals surface area contributed by atoms with E-state index in [2.05, 4.69) is 186 Å². The maximum absolute atomic E-state index is 15.1. The summed E-state index contributed by atoms with van der Waals surface area (Å²) in [4.78, 5) is 4.77. The third-order valence-corrected chi connectivity index (χ3v) is 18.1. The number of anilines is 6. The van der Waals surface area contributed by atoms with Gasteiger partial charge < -0.3 is 14.4 Å². The summed E-state index contributed by atoms with van der Waals surface area (Å²) in [5.41, 5.74) is 17.4. The summed E-state index contributed by atoms with van der Waals surface area (Å²) >= 11 is 0. The standard InChI is InChI=1S/C81H49BF6N4/c83-80(84,85)62-33-42-74(68(49-62)65-38-25-51(50-89)43-69(65)81(86,87)88)92-72-24-14-13-23-66(72)67-44-58(30-39-73(67)92)61-47-77-79-78(48-61)91(64-36-28-57(29-37-64)53-17-7-2-8-18-53)76-41-32-60(55-21-11-4-12-22-55)46-71(76)82(79)70-45-59(54-19-9-3-10-20-54)31-40-75(70)90(77)63-34-26-56(27-35-63)52-15-5-1-6-16-52/h1-49H. The van der Waals surface area contributed by atoms with Gasteiger partial charge in [0, 0.05) is 50.5 Å². The average molecular weight is 1200 g/mol. The zero-order chi connectivity index (χ0) is 62.4. The Hall–Kier alpha value is -11.6. The van der Waals surface area contributed by atoms with Crippen LogP contribution < -0.4 is 26.2 Å². The van der Waals surface area contributed by atoms with Crippen molar-refractivity contribution in [3.8, 4) is 78.5 Å². The number of hydrogen-bond acceptors (Lipinski definition) is 3. The lowest BCUT2D eigenvalue weighted by molar-refractivity contribution is -0.137. The molecule has 0 radical (unpaired) electrons. The highest BCUT2D eigenvalue weighted by Gasteiger charge is 2.45. The van der Waals surface area contributed by atoms with Gasteiger partial charge >= 0.3 is 12.4 Å². The highest BCUT2D eigenvalue weighted by atomic mass is 19.4. The molecule has 2 aliphatic heterocycles. The molecule has 0 spiro atoms. The number of aromatic nitrogens is 1. The van der Waals surface area contributed by atoms with Crippen LogP contribution >= 0.6 is 0 Å². The van der Waals surface area contributed by atoms with Crippen molar-refractivity contribution in [3.05, 3.63) is 314 Å². The molecule has 14 aromatic rings. The van der Waals surface area contributed by atoms with Crippen molar-refractivity contribution in [2.45, 2.75) is 12.4 Å². The lowest BCUT2D eigenvalue weighted by atomic mass is 9.33. The molecule has 0 saturated carbocycles. The second-order valence-electron chi connectivity index (χ2n) is 23.3. The van der Waals surface area contributed by atoms with E-state index in [1.165, 1.54) is 12.1 Å². The van der Waals surface area contributed by atoms with E-state index in [0.717, 1.165) is 135 Å². The third kappa shape index (κ3) is 9.49. The summed E-state index contributed by atoms with van der Waals surface area (Å²) < 4.78 is 91.3. The van der Waals surface area contributed by atoms with Crippen molar-refractivity contribution in [2.75, 3.05) is 9.80 Å². The Labute approximate surface area is 527 Å². The number of fused-ring (bicyclic) bond motifs is 7. The first kappa shape index (κ1) is 55.7. The number of alkyl halides is 6. The molecule has 0 unspecified atom stereocenters. The van der Waals surface area contributed by atoms with E-state index in [0.29, 0.717) is 17.1 Å². The number of nitriles is 1. The first-order valence-electron chi connectivity index (χ1n) is 30.2. The Morgan fingerprint density at radius 1 is 0.315 bits per heavy atom. The first-order valence-corrected chi connectivity index (χ1v) is 30.2. The highest BCUT2D eigenvalue weighted by molar-refractivity contribution is 7.00. The number of rotatable bonds is 9. The Morgan fingerprint density at radius 2 is 0.750 bits per heavy atom. The molecule has 0 fully saturated rings. The summed E-state index contributed by atoms with van der Waals surface area (Å²) in [7, 11) is 0. The Morgan fingerprint density at radius 3 is 1.25 bits per heavy atom. The average Bonchev–Trinajstić information content (AvgIpc) is 0.758. The first-order chi connectivity index (χ1) is 44.8. The molecule has 16 rings (SSSR count). The third-order valence-electron chi connectivity index (χ3n) is 18.1. The monoisotopic (exact) mass is 1200 g/mol. The normalized spacial score (nSPS) is 12.6. The number of nitrogens with zero attached hydrogens (tertiary/aromatic N) is 4. The maximum atomic E-state index is 15.1. The summed E-state index contributed by atoms with van der Waals surface area (Å²) in [6.45, 7) is -0.279. The van der Waals surface area contributed by atoms with Gasteiger partial charge in [0.25, 0.3) is 6.71 Å². The molecule has 0 bridgehead atoms. The lowest BCUT2D eigenvalue weighted by Gasteiger charge is -2.44. The highest BCUT2D eigenvalue weighted by Crippen LogP contribution is 2.50. The fourth-order valence-corrected chi connectivity index (χ4v) is 13.8. The molecule has 438 valence electrons. The van der Waals surface area contributed by atoms with Crippen LogP contribution in [0, 0.1) is 11.3 Å². The number of para-hydroxylation sites is 1. The quantitative estimate of drug-likeness (QED) is 0.107. The predicted octanol–water partition coefficient (Wildman–Crippen LogP) is 20.8. The van der Waals surface area contributed by atoms with Gasteiger partial charge in [0.1, 0.15) is 0 Å². The fraction of sp³-hybridized carbons (Fsp3) is 0.0247. The van der Waals surface area contributed by atoms with E-state index in [4.69, 9.17) is 0 Å². The summed E-state index contributed by atoms with van der Waals surface area (Å²) in [6.07, 6.45) is -9.90. The molecule has 0 amide bonds. The molecule has 0 saturated heterocycles. The molecular weight excluding hydrogens is 1150 g/mol. The summed E-state index contributed by atoms with van der Waals surface area (Å²) in [6, 6.07) is 98.2. The van der Waals surface area contributed by atoms with Crippen LogP contribution in [0.15, 0.2) is 297 Å². The molecule has 13 aromatic carbocycles. The molecule has 92 heavy (non-hydrogen) atoms. The van der Waals surface area contributed by atoms with Gasteiger partial charge in [-0.3, -0.25) is 0 Å². The van der Waals surface area contributed by atoms with Crippen LogP contribution in [0.3, 0.4) is 0 Å². The van der Waals surface area contributed by atoms with Crippen molar-refractivity contribution in [2.24, 2.45) is 0 Å². The molecule has 3 heterocycles. The van der Waals surface area contributed by atoms with Gasteiger partial charge in [0.15, 0.2) is 0 Å². The van der Waals surface area contributed by atoms with E-state index in [9.17, 15) is 18.4 Å². The molecule has 2 aliphatic rings. The van der Waals surface area contributed by atoms with Gasteiger partial charge in [-0.1, -0.05) is 200 Å². The van der Waals surface area contributed by atoms with Gasteiger partial charge in [-0.25, -0.2) is 0 Å². The Balaban J connectivity index is 0.964. The second-order valence-corrected chi connectivity index (χ2v) is 23.3. The number of hydrogen-bond donors (Lipinski definition) is 0. The number of halogens is 6. The van der Waals surface area contributed by atoms with Crippen LogP contribution in [0.2, 0.25) is 0 Å². The lowest BCUT2D eigenvalue weighted by Crippen LogP contribution is -2.61. The largest absolute Gasteiger partial charge is 0.417 e. The molecule has 0 N–H and O–H groups in total. The van der Waals surface area contributed by atoms with E-state index in [1.54, 1.807) is 16.7 Å². The zero-order valence-electron chi connectivity index (χ0n) is 48.9. The number of benzene rings is 13. The fourth-order valence-electron chi connectivity index (χ4n) is 13.8. The van der Waals surface area contributed by atoms with Crippen molar-refractivity contribution >= 4 is 79.0 Å². The van der Waals surface area contributed by atoms with Crippen molar-refractivity contribution in [3.63, 3.8) is 0 Å². The van der Waals surface area contributed by atoms with Crippen LogP contribution in [0.25, 0.3) is 94.3 Å². The molecular formula is C81H49BF6N4. The summed E-state index contributed by atoms with van der Waals surface area (Å²) in [5, 5.41) is 11.2. The Kier molecular flexibility index (Phi) is 13.2. The maximum Gasteiger partial charge on any atom is 0.417 e. The van der Waals surface area contributed by atoms with Crippen molar-refractivity contribution < 1.29 is 26.3 Å². The van der Waals surface area contributed by atoms with E-state index >= 15 is 13.2 Å². The smallest absolute Gasteiger partial charge is 0.311 e. The summed E-state index contributed by atoms with van der Waals surface area (Å²) in [5.74, 6) is 0. The van der Waals surface area contributed by atoms with E-state index < -0.39 is 29.0 Å². The van der Waals surface area contributed by atoms with E-state index in [-0.39, 0.29) is 23.5 Å².